The van der Waals surface area contributed by atoms with Gasteiger partial charge in [-0.2, -0.15) is 0 Å². The molecule has 2 N–H and O–H groups in total. The molecule has 0 spiro atoms. The van der Waals surface area contributed by atoms with E-state index in [-0.39, 0.29) is 11.9 Å². The fourth-order valence-electron chi connectivity index (χ4n) is 3.07. The maximum atomic E-state index is 12.4. The predicted octanol–water partition coefficient (Wildman–Crippen LogP) is 1.72. The number of nitrogens with zero attached hydrogens (tertiary/aromatic N) is 3. The van der Waals surface area contributed by atoms with E-state index in [1.54, 1.807) is 0 Å². The Hall–Kier alpha value is -1.36. The minimum atomic E-state index is -0.322. The van der Waals surface area contributed by atoms with E-state index in [1.807, 2.05) is 24.3 Å². The zero-order chi connectivity index (χ0) is 15.2. The van der Waals surface area contributed by atoms with Crippen LogP contribution in [0.3, 0.4) is 0 Å². The molecule has 0 radical (unpaired) electrons. The van der Waals surface area contributed by atoms with Crippen molar-refractivity contribution in [3.63, 3.8) is 0 Å². The Morgan fingerprint density at radius 1 is 1.57 bits per heavy atom. The molecule has 2 rings (SSSR count). The summed E-state index contributed by atoms with van der Waals surface area (Å²) in [5, 5.41) is 0. The zero-order valence-corrected chi connectivity index (χ0v) is 13.3. The lowest BCUT2D eigenvalue weighted by Crippen LogP contribution is -2.48. The number of aryl methyl sites for hydroxylation is 1. The van der Waals surface area contributed by atoms with Crippen LogP contribution < -0.4 is 5.73 Å². The molecular weight excluding hydrogens is 264 g/mol. The summed E-state index contributed by atoms with van der Waals surface area (Å²) in [5.74, 6) is 1.74. The van der Waals surface area contributed by atoms with E-state index in [4.69, 9.17) is 5.73 Å². The van der Waals surface area contributed by atoms with E-state index >= 15 is 0 Å². The lowest BCUT2D eigenvalue weighted by molar-refractivity contribution is -0.134. The molecule has 0 aromatic carbocycles. The molecule has 1 amide bonds. The number of amides is 1. The molecule has 0 bridgehead atoms. The number of hydrogen-bond acceptors (Lipinski definition) is 3. The number of imidazole rings is 1. The van der Waals surface area contributed by atoms with Gasteiger partial charge < -0.3 is 15.2 Å². The molecule has 1 aliphatic rings. The largest absolute Gasteiger partial charge is 0.341 e. The summed E-state index contributed by atoms with van der Waals surface area (Å²) >= 11 is 0. The number of piperidine rings is 1. The van der Waals surface area contributed by atoms with Gasteiger partial charge in [-0.1, -0.05) is 19.8 Å². The van der Waals surface area contributed by atoms with Crippen LogP contribution in [0.1, 0.15) is 44.9 Å². The molecule has 5 nitrogen and oxygen atoms in total. The summed E-state index contributed by atoms with van der Waals surface area (Å²) in [7, 11) is 2.02. The minimum Gasteiger partial charge on any atom is -0.341 e. The first-order valence-electron chi connectivity index (χ1n) is 8.12. The smallest absolute Gasteiger partial charge is 0.239 e. The first-order valence-corrected chi connectivity index (χ1v) is 8.12. The highest BCUT2D eigenvalue weighted by Crippen LogP contribution is 2.21. The lowest BCUT2D eigenvalue weighted by Gasteiger charge is -2.34. The van der Waals surface area contributed by atoms with E-state index in [0.29, 0.717) is 5.92 Å². The Balaban J connectivity index is 1.88. The number of likely N-dealkylation sites (tertiary alicyclic amines) is 1. The molecule has 1 saturated heterocycles. The van der Waals surface area contributed by atoms with Gasteiger partial charge in [0.2, 0.25) is 5.91 Å². The molecule has 1 aliphatic heterocycles. The second-order valence-electron chi connectivity index (χ2n) is 6.20. The van der Waals surface area contributed by atoms with Crippen molar-refractivity contribution in [2.24, 2.45) is 18.7 Å². The zero-order valence-electron chi connectivity index (χ0n) is 13.3. The summed E-state index contributed by atoms with van der Waals surface area (Å²) in [6, 6.07) is -0.322. The van der Waals surface area contributed by atoms with Crippen molar-refractivity contribution < 1.29 is 4.79 Å². The molecule has 1 aromatic rings. The van der Waals surface area contributed by atoms with Gasteiger partial charge in [0.05, 0.1) is 6.04 Å². The average molecular weight is 292 g/mol. The van der Waals surface area contributed by atoms with Crippen molar-refractivity contribution in [2.75, 3.05) is 13.1 Å². The minimum absolute atomic E-state index is 0.132. The highest BCUT2D eigenvalue weighted by molar-refractivity contribution is 5.81. The molecule has 118 valence electrons. The maximum Gasteiger partial charge on any atom is 0.239 e. The van der Waals surface area contributed by atoms with Crippen molar-refractivity contribution in [3.05, 3.63) is 18.2 Å². The predicted molar refractivity (Wildman–Crippen MR) is 83.7 cm³/mol. The number of hydrogen-bond donors (Lipinski definition) is 1. The van der Waals surface area contributed by atoms with Crippen molar-refractivity contribution in [3.8, 4) is 0 Å². The van der Waals surface area contributed by atoms with Crippen LogP contribution in [0.25, 0.3) is 0 Å². The van der Waals surface area contributed by atoms with Gasteiger partial charge in [0, 0.05) is 39.0 Å². The number of carbonyl (C=O) groups excluding carboxylic acids is 1. The highest BCUT2D eigenvalue weighted by Gasteiger charge is 2.27. The number of nitrogens with two attached hydrogens (primary N) is 1. The SMILES string of the molecule is CCCC[C@@H](N)C(=O)N1CCC[C@@H](Cc2nccn2C)C1. The van der Waals surface area contributed by atoms with Crippen LogP contribution in [0.5, 0.6) is 0 Å². The Morgan fingerprint density at radius 3 is 3.05 bits per heavy atom. The van der Waals surface area contributed by atoms with Crippen LogP contribution in [-0.2, 0) is 18.3 Å². The van der Waals surface area contributed by atoms with Crippen LogP contribution >= 0.6 is 0 Å². The molecule has 1 fully saturated rings. The van der Waals surface area contributed by atoms with Gasteiger partial charge in [-0.3, -0.25) is 4.79 Å². The van der Waals surface area contributed by atoms with Crippen molar-refractivity contribution >= 4 is 5.91 Å². The Kier molecular flexibility index (Phi) is 5.79. The van der Waals surface area contributed by atoms with Crippen LogP contribution in [-0.4, -0.2) is 39.5 Å². The van der Waals surface area contributed by atoms with E-state index in [1.165, 1.54) is 6.42 Å². The first kappa shape index (κ1) is 16.0. The van der Waals surface area contributed by atoms with Crippen molar-refractivity contribution in [2.45, 2.75) is 51.5 Å². The Morgan fingerprint density at radius 2 is 2.38 bits per heavy atom. The topological polar surface area (TPSA) is 64.2 Å². The van der Waals surface area contributed by atoms with Crippen LogP contribution in [0.15, 0.2) is 12.4 Å². The summed E-state index contributed by atoms with van der Waals surface area (Å²) < 4.78 is 2.06. The molecule has 0 aliphatic carbocycles. The molecule has 21 heavy (non-hydrogen) atoms. The normalized spacial score (nSPS) is 20.5. The molecule has 2 atom stereocenters. The lowest BCUT2D eigenvalue weighted by atomic mass is 9.93. The van der Waals surface area contributed by atoms with Gasteiger partial charge >= 0.3 is 0 Å². The second kappa shape index (κ2) is 7.59. The number of rotatable bonds is 6. The molecule has 0 saturated carbocycles. The molecule has 0 unspecified atom stereocenters. The summed E-state index contributed by atoms with van der Waals surface area (Å²) in [4.78, 5) is 18.8. The summed E-state index contributed by atoms with van der Waals surface area (Å²) in [6.07, 6.45) is 9.90. The monoisotopic (exact) mass is 292 g/mol. The van der Waals surface area contributed by atoms with Gasteiger partial charge in [-0.15, -0.1) is 0 Å². The molecule has 2 heterocycles. The van der Waals surface area contributed by atoms with E-state index in [0.717, 1.165) is 51.0 Å². The van der Waals surface area contributed by atoms with Crippen molar-refractivity contribution in [1.82, 2.24) is 14.5 Å². The molecule has 5 heteroatoms. The van der Waals surface area contributed by atoms with Gasteiger partial charge in [0.1, 0.15) is 5.82 Å². The average Bonchev–Trinajstić information content (AvgIpc) is 2.89. The number of unbranched alkanes of at least 4 members (excludes halogenated alkanes) is 1. The van der Waals surface area contributed by atoms with Gasteiger partial charge in [0.15, 0.2) is 0 Å². The van der Waals surface area contributed by atoms with Crippen LogP contribution in [0, 0.1) is 5.92 Å². The fourth-order valence-corrected chi connectivity index (χ4v) is 3.07. The molecule has 1 aromatic heterocycles. The third-order valence-corrected chi connectivity index (χ3v) is 4.41. The van der Waals surface area contributed by atoms with Gasteiger partial charge in [0.25, 0.3) is 0 Å². The maximum absolute atomic E-state index is 12.4. The highest BCUT2D eigenvalue weighted by atomic mass is 16.2. The third-order valence-electron chi connectivity index (χ3n) is 4.41. The molecular formula is C16H28N4O. The third kappa shape index (κ3) is 4.30. The van der Waals surface area contributed by atoms with E-state index < -0.39 is 0 Å². The standard InChI is InChI=1S/C16H28N4O/c1-3-4-7-14(17)16(21)20-9-5-6-13(12-20)11-15-18-8-10-19(15)2/h8,10,13-14H,3-7,9,11-12,17H2,1-2H3/t13-,14+/m0/s1. The number of carbonyl (C=O) groups is 1. The first-order chi connectivity index (χ1) is 10.1. The Labute approximate surface area is 127 Å². The Bertz CT molecular complexity index is 457. The van der Waals surface area contributed by atoms with E-state index in [9.17, 15) is 4.79 Å². The summed E-state index contributed by atoms with van der Waals surface area (Å²) in [6.45, 7) is 3.81. The quantitative estimate of drug-likeness (QED) is 0.868. The van der Waals surface area contributed by atoms with Crippen LogP contribution in [0.2, 0.25) is 0 Å². The van der Waals surface area contributed by atoms with Crippen LogP contribution in [0.4, 0.5) is 0 Å². The second-order valence-corrected chi connectivity index (χ2v) is 6.20. The van der Waals surface area contributed by atoms with Crippen molar-refractivity contribution in [1.29, 1.82) is 0 Å². The fraction of sp³-hybridized carbons (Fsp3) is 0.750. The van der Waals surface area contributed by atoms with E-state index in [2.05, 4.69) is 16.5 Å². The van der Waals surface area contributed by atoms with Gasteiger partial charge in [-0.25, -0.2) is 4.98 Å². The van der Waals surface area contributed by atoms with Gasteiger partial charge in [-0.05, 0) is 25.2 Å². The summed E-state index contributed by atoms with van der Waals surface area (Å²) in [5.41, 5.74) is 6.03. The number of aromatic nitrogens is 2.